The van der Waals surface area contributed by atoms with Crippen LogP contribution < -0.4 is 5.32 Å². The fourth-order valence-corrected chi connectivity index (χ4v) is 3.07. The SMILES string of the molecule is CCC(CC)C(C)NC1CCCC(C(=O)O)C1. The van der Waals surface area contributed by atoms with Gasteiger partial charge in [-0.2, -0.15) is 0 Å². The lowest BCUT2D eigenvalue weighted by Gasteiger charge is -2.32. The molecule has 3 atom stereocenters. The highest BCUT2D eigenvalue weighted by Crippen LogP contribution is 2.25. The molecule has 1 fully saturated rings. The zero-order valence-electron chi connectivity index (χ0n) is 11.4. The standard InChI is InChI=1S/C14H27NO2/c1-4-11(5-2)10(3)15-13-8-6-7-12(9-13)14(16)17/h10-13,15H,4-9H2,1-3H3,(H,16,17). The fourth-order valence-electron chi connectivity index (χ4n) is 3.07. The average Bonchev–Trinajstić information content (AvgIpc) is 2.30. The molecule has 1 aliphatic rings. The number of rotatable bonds is 6. The number of nitrogens with one attached hydrogen (secondary N) is 1. The normalized spacial score (nSPS) is 27.1. The van der Waals surface area contributed by atoms with Crippen molar-refractivity contribution in [3.05, 3.63) is 0 Å². The van der Waals surface area contributed by atoms with Gasteiger partial charge in [0.2, 0.25) is 0 Å². The van der Waals surface area contributed by atoms with Crippen molar-refractivity contribution in [2.75, 3.05) is 0 Å². The molecule has 0 saturated heterocycles. The third-order valence-corrected chi connectivity index (χ3v) is 4.28. The monoisotopic (exact) mass is 241 g/mol. The van der Waals surface area contributed by atoms with Crippen molar-refractivity contribution in [1.82, 2.24) is 5.32 Å². The highest BCUT2D eigenvalue weighted by atomic mass is 16.4. The van der Waals surface area contributed by atoms with Gasteiger partial charge in [0.05, 0.1) is 5.92 Å². The van der Waals surface area contributed by atoms with Crippen LogP contribution in [0, 0.1) is 11.8 Å². The molecule has 0 amide bonds. The third-order valence-electron chi connectivity index (χ3n) is 4.28. The Bertz CT molecular complexity index is 238. The minimum Gasteiger partial charge on any atom is -0.481 e. The van der Waals surface area contributed by atoms with Gasteiger partial charge in [-0.1, -0.05) is 33.1 Å². The molecular formula is C14H27NO2. The van der Waals surface area contributed by atoms with E-state index in [1.54, 1.807) is 0 Å². The third kappa shape index (κ3) is 4.30. The second-order valence-electron chi connectivity index (χ2n) is 5.43. The van der Waals surface area contributed by atoms with Crippen LogP contribution in [0.25, 0.3) is 0 Å². The summed E-state index contributed by atoms with van der Waals surface area (Å²) in [5.74, 6) is -0.0398. The van der Waals surface area contributed by atoms with Crippen molar-refractivity contribution < 1.29 is 9.90 Å². The van der Waals surface area contributed by atoms with Crippen LogP contribution in [0.1, 0.15) is 59.3 Å². The summed E-state index contributed by atoms with van der Waals surface area (Å²) in [6.45, 7) is 6.70. The van der Waals surface area contributed by atoms with Gasteiger partial charge in [0.1, 0.15) is 0 Å². The van der Waals surface area contributed by atoms with E-state index in [-0.39, 0.29) is 5.92 Å². The summed E-state index contributed by atoms with van der Waals surface area (Å²) in [5, 5.41) is 12.7. The van der Waals surface area contributed by atoms with Gasteiger partial charge in [0.15, 0.2) is 0 Å². The Hall–Kier alpha value is -0.570. The first kappa shape index (κ1) is 14.5. The molecule has 1 saturated carbocycles. The van der Waals surface area contributed by atoms with Crippen LogP contribution in [-0.2, 0) is 4.79 Å². The molecule has 3 unspecified atom stereocenters. The summed E-state index contributed by atoms with van der Waals surface area (Å²) in [6, 6.07) is 0.906. The molecule has 3 nitrogen and oxygen atoms in total. The number of hydrogen-bond acceptors (Lipinski definition) is 2. The number of aliphatic carboxylic acids is 1. The van der Waals surface area contributed by atoms with Gasteiger partial charge >= 0.3 is 5.97 Å². The molecule has 0 aromatic rings. The summed E-state index contributed by atoms with van der Waals surface area (Å²) in [4.78, 5) is 11.0. The average molecular weight is 241 g/mol. The summed E-state index contributed by atoms with van der Waals surface area (Å²) < 4.78 is 0. The van der Waals surface area contributed by atoms with Crippen molar-refractivity contribution in [3.63, 3.8) is 0 Å². The Morgan fingerprint density at radius 2 is 2.00 bits per heavy atom. The van der Waals surface area contributed by atoms with Crippen molar-refractivity contribution >= 4 is 5.97 Å². The maximum Gasteiger partial charge on any atom is 0.306 e. The zero-order valence-corrected chi connectivity index (χ0v) is 11.4. The maximum absolute atomic E-state index is 11.0. The molecule has 0 heterocycles. The predicted molar refractivity (Wildman–Crippen MR) is 70.1 cm³/mol. The second kappa shape index (κ2) is 7.00. The van der Waals surface area contributed by atoms with Crippen LogP contribution in [0.4, 0.5) is 0 Å². The predicted octanol–water partition coefficient (Wildman–Crippen LogP) is 3.04. The van der Waals surface area contributed by atoms with Crippen molar-refractivity contribution in [2.45, 2.75) is 71.4 Å². The van der Waals surface area contributed by atoms with Crippen LogP contribution in [0.15, 0.2) is 0 Å². The molecule has 1 aliphatic carbocycles. The van der Waals surface area contributed by atoms with Crippen molar-refractivity contribution in [3.8, 4) is 0 Å². The van der Waals surface area contributed by atoms with Crippen LogP contribution in [0.2, 0.25) is 0 Å². The van der Waals surface area contributed by atoms with E-state index in [4.69, 9.17) is 5.11 Å². The maximum atomic E-state index is 11.0. The van der Waals surface area contributed by atoms with E-state index in [1.807, 2.05) is 0 Å². The largest absolute Gasteiger partial charge is 0.481 e. The van der Waals surface area contributed by atoms with E-state index in [0.29, 0.717) is 18.0 Å². The minimum atomic E-state index is -0.619. The molecule has 0 spiro atoms. The van der Waals surface area contributed by atoms with Crippen LogP contribution in [-0.4, -0.2) is 23.2 Å². The molecule has 0 bridgehead atoms. The Morgan fingerprint density at radius 1 is 1.35 bits per heavy atom. The first-order chi connectivity index (χ1) is 8.08. The molecule has 0 radical (unpaired) electrons. The number of carboxylic acids is 1. The summed E-state index contributed by atoms with van der Waals surface area (Å²) >= 11 is 0. The number of hydrogen-bond donors (Lipinski definition) is 2. The molecular weight excluding hydrogens is 214 g/mol. The van der Waals surface area contributed by atoms with Crippen LogP contribution in [0.5, 0.6) is 0 Å². The first-order valence-electron chi connectivity index (χ1n) is 7.07. The molecule has 0 aromatic carbocycles. The summed E-state index contributed by atoms with van der Waals surface area (Å²) in [6.07, 6.45) is 6.23. The van der Waals surface area contributed by atoms with Gasteiger partial charge in [-0.05, 0) is 32.1 Å². The lowest BCUT2D eigenvalue weighted by atomic mass is 9.84. The molecule has 0 aliphatic heterocycles. The zero-order chi connectivity index (χ0) is 12.8. The number of carboxylic acid groups (broad SMARTS) is 1. The lowest BCUT2D eigenvalue weighted by Crippen LogP contribution is -2.44. The van der Waals surface area contributed by atoms with Gasteiger partial charge in [-0.3, -0.25) is 4.79 Å². The number of carbonyl (C=O) groups is 1. The smallest absolute Gasteiger partial charge is 0.306 e. The van der Waals surface area contributed by atoms with Gasteiger partial charge in [-0.15, -0.1) is 0 Å². The molecule has 2 N–H and O–H groups in total. The quantitative estimate of drug-likeness (QED) is 0.751. The van der Waals surface area contributed by atoms with Crippen molar-refractivity contribution in [2.24, 2.45) is 11.8 Å². The Balaban J connectivity index is 2.42. The lowest BCUT2D eigenvalue weighted by molar-refractivity contribution is -0.143. The minimum absolute atomic E-state index is 0.129. The van der Waals surface area contributed by atoms with Gasteiger partial charge in [0.25, 0.3) is 0 Å². The van der Waals surface area contributed by atoms with Crippen molar-refractivity contribution in [1.29, 1.82) is 0 Å². The highest BCUT2D eigenvalue weighted by molar-refractivity contribution is 5.70. The molecule has 1 rings (SSSR count). The van der Waals surface area contributed by atoms with Gasteiger partial charge in [-0.25, -0.2) is 0 Å². The Kier molecular flexibility index (Phi) is 5.96. The van der Waals surface area contributed by atoms with E-state index in [2.05, 4.69) is 26.1 Å². The van der Waals surface area contributed by atoms with E-state index < -0.39 is 5.97 Å². The molecule has 0 aromatic heterocycles. The van der Waals surface area contributed by atoms with Crippen LogP contribution in [0.3, 0.4) is 0 Å². The Labute approximate surface area is 105 Å². The van der Waals surface area contributed by atoms with Crippen LogP contribution >= 0.6 is 0 Å². The Morgan fingerprint density at radius 3 is 2.53 bits per heavy atom. The molecule has 3 heteroatoms. The first-order valence-corrected chi connectivity index (χ1v) is 7.07. The summed E-state index contributed by atoms with van der Waals surface area (Å²) in [7, 11) is 0. The highest BCUT2D eigenvalue weighted by Gasteiger charge is 2.28. The van der Waals surface area contributed by atoms with E-state index in [9.17, 15) is 4.79 Å². The topological polar surface area (TPSA) is 49.3 Å². The summed E-state index contributed by atoms with van der Waals surface area (Å²) in [5.41, 5.74) is 0. The second-order valence-corrected chi connectivity index (χ2v) is 5.43. The van der Waals surface area contributed by atoms with Gasteiger partial charge in [0, 0.05) is 12.1 Å². The van der Waals surface area contributed by atoms with E-state index in [1.165, 1.54) is 12.8 Å². The molecule has 100 valence electrons. The molecule has 17 heavy (non-hydrogen) atoms. The van der Waals surface area contributed by atoms with Gasteiger partial charge < -0.3 is 10.4 Å². The van der Waals surface area contributed by atoms with E-state index in [0.717, 1.165) is 25.7 Å². The fraction of sp³-hybridized carbons (Fsp3) is 0.929. The van der Waals surface area contributed by atoms with E-state index >= 15 is 0 Å².